The largest absolute Gasteiger partial charge is 0.490 e. The predicted octanol–water partition coefficient (Wildman–Crippen LogP) is 23.5. The van der Waals surface area contributed by atoms with Crippen LogP contribution in [0.4, 0.5) is 0 Å². The highest BCUT2D eigenvalue weighted by Gasteiger charge is 2.56. The minimum Gasteiger partial charge on any atom is -0.490 e. The molecule has 14 heteroatoms. The van der Waals surface area contributed by atoms with Gasteiger partial charge in [0.25, 0.3) is 5.56 Å². The molecule has 3 N–H and O–H groups in total. The maximum atomic E-state index is 14.4. The number of hydrogen-bond acceptors (Lipinski definition) is 9. The Morgan fingerprint density at radius 1 is 0.505 bits per heavy atom. The van der Waals surface area contributed by atoms with E-state index < -0.39 is 61.6 Å². The van der Waals surface area contributed by atoms with Gasteiger partial charge >= 0.3 is 17.6 Å². The number of nitrogens with one attached hydrogen (secondary N) is 1. The van der Waals surface area contributed by atoms with Crippen molar-refractivity contribution in [3.63, 3.8) is 0 Å². The minimum atomic E-state index is -2.28. The van der Waals surface area contributed by atoms with Gasteiger partial charge < -0.3 is 33.6 Å². The quantitative estimate of drug-likeness (QED) is 0.0424. The Balaban J connectivity index is 1.89. The molecule has 1 aliphatic heterocycles. The summed E-state index contributed by atoms with van der Waals surface area (Å²) in [5.74, 6) is -1.97. The van der Waals surface area contributed by atoms with Crippen LogP contribution in [0.3, 0.4) is 0 Å². The average molecular weight is 1350 g/mol. The molecule has 1 unspecified atom stereocenters. The number of H-pyrrole nitrogens is 1. The molecule has 2 heterocycles. The third kappa shape index (κ3) is 36.9. The summed E-state index contributed by atoms with van der Waals surface area (Å²) in [6, 6.07) is 6.27. The van der Waals surface area contributed by atoms with Crippen molar-refractivity contribution in [3.05, 3.63) is 50.3 Å². The van der Waals surface area contributed by atoms with Gasteiger partial charge in [-0.05, 0) is 74.9 Å². The Morgan fingerprint density at radius 2 is 0.832 bits per heavy atom. The van der Waals surface area contributed by atoms with Gasteiger partial charge in [-0.1, -0.05) is 330 Å². The summed E-state index contributed by atoms with van der Waals surface area (Å²) in [6.45, 7) is 16.2. The molecular formula is C81H146N2O11Si. The van der Waals surface area contributed by atoms with Gasteiger partial charge in [-0.15, -0.1) is 0 Å². The Kier molecular flexibility index (Phi) is 49.7. The Morgan fingerprint density at radius 3 is 1.15 bits per heavy atom. The second kappa shape index (κ2) is 55.2. The van der Waals surface area contributed by atoms with Crippen LogP contribution in [-0.2, 0) is 25.2 Å². The molecule has 550 valence electrons. The van der Waals surface area contributed by atoms with E-state index in [0.717, 1.165) is 75.9 Å². The SMILES string of the molecule is CCCCCCCCCCCCCCCCCCOc1cc(CC(CC(=O)O)(C(=O)O)[C@@H]2C[C@H](n3cc(C)c(=O)[nH]c3=O)O[C@@H]2CO[Si](CC)(CC)CC)cc(OCCCCCCCCCCCCCCCCCC)c1OCCCCCCCCCCCCCCCCCC. The van der Waals surface area contributed by atoms with Crippen molar-refractivity contribution < 1.29 is 43.2 Å². The highest BCUT2D eigenvalue weighted by Crippen LogP contribution is 2.50. The van der Waals surface area contributed by atoms with E-state index in [2.05, 4.69) is 46.5 Å². The van der Waals surface area contributed by atoms with E-state index in [4.69, 9.17) is 23.4 Å². The second-order valence-electron chi connectivity index (χ2n) is 29.1. The maximum absolute atomic E-state index is 14.4. The van der Waals surface area contributed by atoms with Gasteiger partial charge in [-0.3, -0.25) is 23.9 Å². The standard InChI is InChI=1S/C81H146N2O11Si/c1-8-14-17-20-23-26-29-32-35-38-41-44-47-50-53-56-59-90-72-62-70(65-81(79(87)88,66-76(84)85)71-64-75(83-67-69(7)78(86)82-80(83)89)94-74(71)68-93-95(11-4,12-5)13-6)63-73(91-60-57-54-51-48-45-42-39-36-33-30-27-24-21-18-15-9-2)77(72)92-61-58-55-52-49-46-43-40-37-34-31-28-25-22-19-16-10-3/h62-63,67,71,74-75H,8-61,64-66,68H2,1-7H3,(H,84,85)(H,87,88)(H,82,86,89)/t71-,74-,75-,81?/m1/s1. The van der Waals surface area contributed by atoms with E-state index >= 15 is 0 Å². The molecule has 1 aromatic heterocycles. The zero-order chi connectivity index (χ0) is 68.9. The predicted molar refractivity (Wildman–Crippen MR) is 399 cm³/mol. The van der Waals surface area contributed by atoms with Crippen molar-refractivity contribution in [1.82, 2.24) is 9.55 Å². The second-order valence-corrected chi connectivity index (χ2v) is 33.9. The number of carboxylic acids is 2. The van der Waals surface area contributed by atoms with Gasteiger partial charge in [0.2, 0.25) is 5.75 Å². The van der Waals surface area contributed by atoms with Crippen LogP contribution < -0.4 is 25.5 Å². The number of carboxylic acid groups (broad SMARTS) is 2. The third-order valence-electron chi connectivity index (χ3n) is 21.1. The first kappa shape index (κ1) is 85.6. The highest BCUT2D eigenvalue weighted by atomic mass is 28.4. The molecule has 0 radical (unpaired) electrons. The number of ether oxygens (including phenoxy) is 4. The van der Waals surface area contributed by atoms with Crippen LogP contribution in [0.15, 0.2) is 27.9 Å². The van der Waals surface area contributed by atoms with Crippen molar-refractivity contribution in [2.24, 2.45) is 11.3 Å². The number of carbonyl (C=O) groups is 2. The average Bonchev–Trinajstić information content (AvgIpc) is 1.68. The molecule has 0 bridgehead atoms. The van der Waals surface area contributed by atoms with E-state index in [0.29, 0.717) is 48.2 Å². The summed E-state index contributed by atoms with van der Waals surface area (Å²) >= 11 is 0. The van der Waals surface area contributed by atoms with Crippen LogP contribution >= 0.6 is 0 Å². The number of benzene rings is 1. The zero-order valence-corrected chi connectivity index (χ0v) is 63.5. The number of unbranched alkanes of at least 4 members (excludes halogenated alkanes) is 45. The zero-order valence-electron chi connectivity index (χ0n) is 62.5. The molecule has 0 aliphatic carbocycles. The first-order valence-electron chi connectivity index (χ1n) is 40.5. The normalized spacial score (nSPS) is 15.6. The molecule has 0 amide bonds. The van der Waals surface area contributed by atoms with E-state index in [1.54, 1.807) is 6.92 Å². The number of rotatable bonds is 67. The van der Waals surface area contributed by atoms with Crippen molar-refractivity contribution >= 4 is 20.3 Å². The molecular weight excluding hydrogens is 1200 g/mol. The Hall–Kier alpha value is -3.62. The topological polar surface area (TPSA) is 176 Å². The summed E-state index contributed by atoms with van der Waals surface area (Å²) in [4.78, 5) is 56.3. The number of aliphatic carboxylic acids is 2. The lowest BCUT2D eigenvalue weighted by Crippen LogP contribution is -2.48. The summed E-state index contributed by atoms with van der Waals surface area (Å²) in [5, 5.41) is 22.6. The van der Waals surface area contributed by atoms with Gasteiger partial charge in [0, 0.05) is 17.7 Å². The summed E-state index contributed by atoms with van der Waals surface area (Å²) in [7, 11) is -2.28. The van der Waals surface area contributed by atoms with Crippen LogP contribution in [0.2, 0.25) is 18.1 Å². The van der Waals surface area contributed by atoms with Gasteiger partial charge in [0.15, 0.2) is 19.8 Å². The van der Waals surface area contributed by atoms with Gasteiger partial charge in [0.1, 0.15) is 6.23 Å². The molecule has 0 saturated carbocycles. The molecule has 1 saturated heterocycles. The van der Waals surface area contributed by atoms with Gasteiger partial charge in [-0.25, -0.2) is 4.79 Å². The van der Waals surface area contributed by atoms with Crippen LogP contribution in [0.5, 0.6) is 17.2 Å². The molecule has 4 atom stereocenters. The minimum absolute atomic E-state index is 0.00363. The van der Waals surface area contributed by atoms with Gasteiger partial charge in [0.05, 0.1) is 44.4 Å². The lowest BCUT2D eigenvalue weighted by molar-refractivity contribution is -0.162. The number of aryl methyl sites for hydroxylation is 1. The lowest BCUT2D eigenvalue weighted by atomic mass is 9.66. The summed E-state index contributed by atoms with van der Waals surface area (Å²) < 4.78 is 35.3. The molecule has 1 aliphatic rings. The first-order chi connectivity index (χ1) is 46.3. The van der Waals surface area contributed by atoms with E-state index in [-0.39, 0.29) is 19.4 Å². The molecule has 2 aromatic rings. The van der Waals surface area contributed by atoms with Crippen LogP contribution in [0.1, 0.15) is 380 Å². The Bertz CT molecular complexity index is 2270. The summed E-state index contributed by atoms with van der Waals surface area (Å²) in [6.07, 6.45) is 59.8. The number of hydrogen-bond donors (Lipinski definition) is 3. The van der Waals surface area contributed by atoms with Gasteiger partial charge in [-0.2, -0.15) is 0 Å². The molecule has 0 spiro atoms. The lowest BCUT2D eigenvalue weighted by Gasteiger charge is -2.38. The van der Waals surface area contributed by atoms with Crippen LogP contribution in [-0.4, -0.2) is 72.6 Å². The number of nitrogens with zero attached hydrogens (tertiary/aromatic N) is 1. The van der Waals surface area contributed by atoms with E-state index in [1.165, 1.54) is 261 Å². The smallest absolute Gasteiger partial charge is 0.330 e. The maximum Gasteiger partial charge on any atom is 0.330 e. The molecule has 1 aromatic carbocycles. The fraction of sp³-hybridized carbons (Fsp3) is 0.852. The highest BCUT2D eigenvalue weighted by molar-refractivity contribution is 6.73. The van der Waals surface area contributed by atoms with Crippen molar-refractivity contribution in [3.8, 4) is 17.2 Å². The first-order valence-corrected chi connectivity index (χ1v) is 43.0. The molecule has 13 nitrogen and oxygen atoms in total. The van der Waals surface area contributed by atoms with E-state index in [1.807, 2.05) is 12.1 Å². The molecule has 1 fully saturated rings. The number of aromatic nitrogens is 2. The van der Waals surface area contributed by atoms with E-state index in [9.17, 15) is 29.4 Å². The Labute approximate surface area is 581 Å². The van der Waals surface area contributed by atoms with Crippen molar-refractivity contribution in [2.45, 2.75) is 406 Å². The third-order valence-corrected chi connectivity index (χ3v) is 25.8. The number of aromatic amines is 1. The van der Waals surface area contributed by atoms with Crippen LogP contribution in [0.25, 0.3) is 0 Å². The van der Waals surface area contributed by atoms with Crippen molar-refractivity contribution in [1.29, 1.82) is 0 Å². The van der Waals surface area contributed by atoms with Crippen molar-refractivity contribution in [2.75, 3.05) is 26.4 Å². The monoisotopic (exact) mass is 1350 g/mol. The fourth-order valence-corrected chi connectivity index (χ4v) is 17.2. The molecule has 95 heavy (non-hydrogen) atoms. The molecule has 3 rings (SSSR count). The van der Waals surface area contributed by atoms with Crippen LogP contribution in [0, 0.1) is 18.3 Å². The summed E-state index contributed by atoms with van der Waals surface area (Å²) in [5.41, 5.74) is -2.28. The fourth-order valence-electron chi connectivity index (χ4n) is 14.6.